The van der Waals surface area contributed by atoms with E-state index in [0.29, 0.717) is 5.92 Å². The zero-order valence-corrected chi connectivity index (χ0v) is 8.55. The monoisotopic (exact) mass is 181 g/mol. The molecule has 0 heterocycles. The molecule has 0 saturated carbocycles. The lowest BCUT2D eigenvalue weighted by Crippen LogP contribution is -2.32. The fourth-order valence-corrected chi connectivity index (χ4v) is 2.04. The molecule has 0 saturated heterocycles. The molecule has 1 amide bonds. The number of carbonyl (C=O) groups excluding carboxylic acids is 1. The molecule has 0 fully saturated rings. The molecule has 1 N–H and O–H groups in total. The average molecular weight is 181 g/mol. The van der Waals surface area contributed by atoms with E-state index in [4.69, 9.17) is 0 Å². The van der Waals surface area contributed by atoms with Crippen LogP contribution in [0.25, 0.3) is 0 Å². The van der Waals surface area contributed by atoms with E-state index in [2.05, 4.69) is 24.4 Å². The van der Waals surface area contributed by atoms with Crippen molar-refractivity contribution in [3.8, 4) is 0 Å². The standard InChI is InChI=1S/C11H19NO/c1-3-10(11(13)12-2)9-7-5-4-6-8-9/h5,7,9-10H,3-4,6,8H2,1-2H3,(H,12,13). The first-order valence-corrected chi connectivity index (χ1v) is 5.17. The van der Waals surface area contributed by atoms with Crippen molar-refractivity contribution < 1.29 is 4.79 Å². The molecule has 2 unspecified atom stereocenters. The molecular formula is C11H19NO. The Hall–Kier alpha value is -0.790. The van der Waals surface area contributed by atoms with Crippen LogP contribution in [0, 0.1) is 11.8 Å². The predicted molar refractivity (Wildman–Crippen MR) is 54.3 cm³/mol. The van der Waals surface area contributed by atoms with Gasteiger partial charge in [0.1, 0.15) is 0 Å². The molecule has 0 bridgehead atoms. The molecule has 2 nitrogen and oxygen atoms in total. The van der Waals surface area contributed by atoms with E-state index >= 15 is 0 Å². The van der Waals surface area contributed by atoms with Crippen LogP contribution >= 0.6 is 0 Å². The molecule has 0 aromatic carbocycles. The maximum Gasteiger partial charge on any atom is 0.223 e. The van der Waals surface area contributed by atoms with Gasteiger partial charge in [-0.05, 0) is 31.6 Å². The highest BCUT2D eigenvalue weighted by Gasteiger charge is 2.24. The molecule has 1 aliphatic rings. The molecule has 2 atom stereocenters. The third-order valence-electron chi connectivity index (χ3n) is 2.83. The molecule has 2 heteroatoms. The number of carbonyl (C=O) groups is 1. The number of amides is 1. The van der Waals surface area contributed by atoms with Crippen molar-refractivity contribution in [1.82, 2.24) is 5.32 Å². The third kappa shape index (κ3) is 2.58. The van der Waals surface area contributed by atoms with Gasteiger partial charge >= 0.3 is 0 Å². The highest BCUT2D eigenvalue weighted by molar-refractivity contribution is 5.78. The fraction of sp³-hybridized carbons (Fsp3) is 0.727. The van der Waals surface area contributed by atoms with E-state index in [9.17, 15) is 4.79 Å². The van der Waals surface area contributed by atoms with Crippen LogP contribution in [-0.2, 0) is 4.79 Å². The number of hydrogen-bond acceptors (Lipinski definition) is 1. The van der Waals surface area contributed by atoms with Crippen LogP contribution < -0.4 is 5.32 Å². The Morgan fingerprint density at radius 1 is 1.69 bits per heavy atom. The second-order valence-electron chi connectivity index (χ2n) is 3.65. The summed E-state index contributed by atoms with van der Waals surface area (Å²) in [4.78, 5) is 11.5. The molecule has 74 valence electrons. The largest absolute Gasteiger partial charge is 0.359 e. The van der Waals surface area contributed by atoms with Crippen molar-refractivity contribution in [3.05, 3.63) is 12.2 Å². The fourth-order valence-electron chi connectivity index (χ4n) is 2.04. The SMILES string of the molecule is CCC(C(=O)NC)C1C=CCCC1. The second kappa shape index (κ2) is 5.05. The van der Waals surface area contributed by atoms with Gasteiger partial charge in [-0.1, -0.05) is 19.1 Å². The lowest BCUT2D eigenvalue weighted by atomic mass is 9.82. The highest BCUT2D eigenvalue weighted by Crippen LogP contribution is 2.26. The van der Waals surface area contributed by atoms with Gasteiger partial charge in [-0.25, -0.2) is 0 Å². The number of nitrogens with one attached hydrogen (secondary N) is 1. The first-order chi connectivity index (χ1) is 6.29. The number of rotatable bonds is 3. The maximum atomic E-state index is 11.5. The van der Waals surface area contributed by atoms with Gasteiger partial charge in [0, 0.05) is 13.0 Å². The first-order valence-electron chi connectivity index (χ1n) is 5.17. The second-order valence-corrected chi connectivity index (χ2v) is 3.65. The van der Waals surface area contributed by atoms with Crippen LogP contribution in [0.2, 0.25) is 0 Å². The smallest absolute Gasteiger partial charge is 0.223 e. The molecule has 0 radical (unpaired) electrons. The number of allylic oxidation sites excluding steroid dienone is 2. The minimum absolute atomic E-state index is 0.182. The summed E-state index contributed by atoms with van der Waals surface area (Å²) in [5.74, 6) is 0.847. The Kier molecular flexibility index (Phi) is 4.00. The first kappa shape index (κ1) is 10.3. The zero-order valence-electron chi connectivity index (χ0n) is 8.55. The lowest BCUT2D eigenvalue weighted by Gasteiger charge is -2.24. The minimum Gasteiger partial charge on any atom is -0.359 e. The van der Waals surface area contributed by atoms with Gasteiger partial charge in [-0.15, -0.1) is 0 Å². The summed E-state index contributed by atoms with van der Waals surface area (Å²) in [6.45, 7) is 2.09. The van der Waals surface area contributed by atoms with Gasteiger partial charge in [0.15, 0.2) is 0 Å². The van der Waals surface area contributed by atoms with Crippen LogP contribution in [0.4, 0.5) is 0 Å². The van der Waals surface area contributed by atoms with Crippen LogP contribution in [0.15, 0.2) is 12.2 Å². The minimum atomic E-state index is 0.182. The van der Waals surface area contributed by atoms with Crippen LogP contribution in [0.1, 0.15) is 32.6 Å². The van der Waals surface area contributed by atoms with E-state index in [-0.39, 0.29) is 11.8 Å². The molecule has 0 aromatic heterocycles. The molecular weight excluding hydrogens is 162 g/mol. The van der Waals surface area contributed by atoms with Gasteiger partial charge in [0.25, 0.3) is 0 Å². The summed E-state index contributed by atoms with van der Waals surface area (Å²) in [6, 6.07) is 0. The van der Waals surface area contributed by atoms with E-state index in [1.807, 2.05) is 0 Å². The molecule has 1 rings (SSSR count). The average Bonchev–Trinajstić information content (AvgIpc) is 2.20. The Labute approximate surface area is 80.4 Å². The van der Waals surface area contributed by atoms with Crippen molar-refractivity contribution >= 4 is 5.91 Å². The molecule has 0 aliphatic heterocycles. The summed E-state index contributed by atoms with van der Waals surface area (Å²) in [5, 5.41) is 2.74. The van der Waals surface area contributed by atoms with E-state index in [0.717, 1.165) is 6.42 Å². The Bertz CT molecular complexity index is 198. The Balaban J connectivity index is 2.59. The van der Waals surface area contributed by atoms with Gasteiger partial charge in [-0.2, -0.15) is 0 Å². The quantitative estimate of drug-likeness (QED) is 0.664. The maximum absolute atomic E-state index is 11.5. The normalized spacial score (nSPS) is 24.0. The van der Waals surface area contributed by atoms with E-state index < -0.39 is 0 Å². The van der Waals surface area contributed by atoms with Crippen molar-refractivity contribution in [2.45, 2.75) is 32.6 Å². The summed E-state index contributed by atoms with van der Waals surface area (Å²) < 4.78 is 0. The molecule has 0 aromatic rings. The Morgan fingerprint density at radius 3 is 2.92 bits per heavy atom. The zero-order chi connectivity index (χ0) is 9.68. The van der Waals surface area contributed by atoms with Crippen LogP contribution in [0.3, 0.4) is 0 Å². The van der Waals surface area contributed by atoms with Crippen molar-refractivity contribution in [2.75, 3.05) is 7.05 Å². The van der Waals surface area contributed by atoms with Gasteiger partial charge in [-0.3, -0.25) is 4.79 Å². The van der Waals surface area contributed by atoms with Crippen LogP contribution in [0.5, 0.6) is 0 Å². The van der Waals surface area contributed by atoms with Gasteiger partial charge in [0.2, 0.25) is 5.91 Å². The molecule has 13 heavy (non-hydrogen) atoms. The van der Waals surface area contributed by atoms with Crippen molar-refractivity contribution in [2.24, 2.45) is 11.8 Å². The lowest BCUT2D eigenvalue weighted by molar-refractivity contribution is -0.125. The van der Waals surface area contributed by atoms with E-state index in [1.54, 1.807) is 7.05 Å². The molecule has 0 spiro atoms. The van der Waals surface area contributed by atoms with Crippen molar-refractivity contribution in [3.63, 3.8) is 0 Å². The highest BCUT2D eigenvalue weighted by atomic mass is 16.1. The van der Waals surface area contributed by atoms with Gasteiger partial charge < -0.3 is 5.32 Å². The third-order valence-corrected chi connectivity index (χ3v) is 2.83. The predicted octanol–water partition coefficient (Wildman–Crippen LogP) is 2.11. The summed E-state index contributed by atoms with van der Waals surface area (Å²) in [7, 11) is 1.72. The topological polar surface area (TPSA) is 29.1 Å². The molecule has 1 aliphatic carbocycles. The number of hydrogen-bond donors (Lipinski definition) is 1. The Morgan fingerprint density at radius 2 is 2.46 bits per heavy atom. The van der Waals surface area contributed by atoms with Gasteiger partial charge in [0.05, 0.1) is 0 Å². The van der Waals surface area contributed by atoms with Crippen molar-refractivity contribution in [1.29, 1.82) is 0 Å². The van der Waals surface area contributed by atoms with Crippen LogP contribution in [-0.4, -0.2) is 13.0 Å². The van der Waals surface area contributed by atoms with E-state index in [1.165, 1.54) is 19.3 Å². The summed E-state index contributed by atoms with van der Waals surface area (Å²) in [5.41, 5.74) is 0. The summed E-state index contributed by atoms with van der Waals surface area (Å²) in [6.07, 6.45) is 8.94. The summed E-state index contributed by atoms with van der Waals surface area (Å²) >= 11 is 0.